The molecule has 2 heteroatoms. The normalized spacial score (nSPS) is 9.56. The van der Waals surface area contributed by atoms with E-state index in [1.807, 2.05) is 6.07 Å². The van der Waals surface area contributed by atoms with E-state index in [0.29, 0.717) is 0 Å². The molecule has 48 valence electrons. The zero-order valence-electron chi connectivity index (χ0n) is 5.26. The Labute approximate surface area is 59.7 Å². The molecular formula is C7H8ClN. The molecule has 1 nitrogen and oxygen atoms in total. The van der Waals surface area contributed by atoms with E-state index in [4.69, 9.17) is 11.6 Å². The molecule has 0 radical (unpaired) electrons. The van der Waals surface area contributed by atoms with E-state index in [2.05, 4.69) is 11.9 Å². The number of hydrogen-bond acceptors (Lipinski definition) is 1. The molecule has 0 fully saturated rings. The van der Waals surface area contributed by atoms with E-state index in [1.165, 1.54) is 0 Å². The first-order valence-corrected chi connectivity index (χ1v) is 3.31. The van der Waals surface area contributed by atoms with Gasteiger partial charge in [0.2, 0.25) is 0 Å². The largest absolute Gasteiger partial charge is 0.261 e. The van der Waals surface area contributed by atoms with Crippen LogP contribution in [0.1, 0.15) is 12.6 Å². The van der Waals surface area contributed by atoms with Gasteiger partial charge in [-0.2, -0.15) is 0 Å². The number of nitrogens with zero attached hydrogens (tertiary/aromatic N) is 1. The van der Waals surface area contributed by atoms with Crippen LogP contribution in [0, 0.1) is 0 Å². The Morgan fingerprint density at radius 1 is 1.67 bits per heavy atom. The standard InChI is InChI=1S/C7H8ClN/c1-2-7-5-6(8)3-4-9-7/h3-5H,2H2,1H3. The number of halogens is 1. The van der Waals surface area contributed by atoms with Crippen molar-refractivity contribution in [2.45, 2.75) is 13.3 Å². The average Bonchev–Trinajstić information content (AvgIpc) is 1.88. The van der Waals surface area contributed by atoms with Gasteiger partial charge in [-0.05, 0) is 18.6 Å². The van der Waals surface area contributed by atoms with Crippen LogP contribution < -0.4 is 0 Å². The fourth-order valence-corrected chi connectivity index (χ4v) is 0.824. The van der Waals surface area contributed by atoms with Crippen molar-refractivity contribution in [3.8, 4) is 0 Å². The Hall–Kier alpha value is -0.560. The van der Waals surface area contributed by atoms with Crippen LogP contribution in [0.2, 0.25) is 5.02 Å². The molecule has 0 aromatic carbocycles. The van der Waals surface area contributed by atoms with Gasteiger partial charge in [-0.25, -0.2) is 0 Å². The second-order valence-corrected chi connectivity index (χ2v) is 2.26. The fraction of sp³-hybridized carbons (Fsp3) is 0.286. The maximum absolute atomic E-state index is 5.68. The van der Waals surface area contributed by atoms with Gasteiger partial charge < -0.3 is 0 Å². The van der Waals surface area contributed by atoms with Crippen molar-refractivity contribution < 1.29 is 0 Å². The lowest BCUT2D eigenvalue weighted by molar-refractivity contribution is 1.04. The van der Waals surface area contributed by atoms with Crippen molar-refractivity contribution >= 4 is 11.6 Å². The Balaban J connectivity index is 2.94. The molecule has 0 unspecified atom stereocenters. The SMILES string of the molecule is CCc1cc(Cl)ccn1. The summed E-state index contributed by atoms with van der Waals surface area (Å²) in [5.74, 6) is 0. The summed E-state index contributed by atoms with van der Waals surface area (Å²) in [5, 5.41) is 0.766. The van der Waals surface area contributed by atoms with Crippen LogP contribution in [0.3, 0.4) is 0 Å². The first-order valence-electron chi connectivity index (χ1n) is 2.93. The number of rotatable bonds is 1. The van der Waals surface area contributed by atoms with Crippen LogP contribution >= 0.6 is 11.6 Å². The van der Waals surface area contributed by atoms with Crippen LogP contribution in [-0.4, -0.2) is 4.98 Å². The summed E-state index contributed by atoms with van der Waals surface area (Å²) in [5.41, 5.74) is 1.04. The van der Waals surface area contributed by atoms with Crippen molar-refractivity contribution in [3.63, 3.8) is 0 Å². The lowest BCUT2D eigenvalue weighted by Gasteiger charge is -1.92. The van der Waals surface area contributed by atoms with Crippen LogP contribution in [-0.2, 0) is 6.42 Å². The predicted octanol–water partition coefficient (Wildman–Crippen LogP) is 2.30. The van der Waals surface area contributed by atoms with Gasteiger partial charge in [-0.1, -0.05) is 18.5 Å². The average molecular weight is 142 g/mol. The van der Waals surface area contributed by atoms with Gasteiger partial charge in [-0.3, -0.25) is 4.98 Å². The van der Waals surface area contributed by atoms with Gasteiger partial charge >= 0.3 is 0 Å². The maximum atomic E-state index is 5.68. The monoisotopic (exact) mass is 141 g/mol. The zero-order chi connectivity index (χ0) is 6.69. The molecule has 1 aromatic rings. The van der Waals surface area contributed by atoms with Crippen molar-refractivity contribution in [1.29, 1.82) is 0 Å². The molecule has 1 heterocycles. The van der Waals surface area contributed by atoms with Gasteiger partial charge in [0.15, 0.2) is 0 Å². The summed E-state index contributed by atoms with van der Waals surface area (Å²) < 4.78 is 0. The summed E-state index contributed by atoms with van der Waals surface area (Å²) in [7, 11) is 0. The summed E-state index contributed by atoms with van der Waals surface area (Å²) >= 11 is 5.68. The van der Waals surface area contributed by atoms with Gasteiger partial charge in [0.05, 0.1) is 0 Å². The first kappa shape index (κ1) is 6.56. The molecule has 0 aliphatic heterocycles. The van der Waals surface area contributed by atoms with E-state index in [9.17, 15) is 0 Å². The third-order valence-corrected chi connectivity index (χ3v) is 1.38. The highest BCUT2D eigenvalue weighted by atomic mass is 35.5. The molecular weight excluding hydrogens is 134 g/mol. The molecule has 0 spiro atoms. The number of aryl methyl sites for hydroxylation is 1. The van der Waals surface area contributed by atoms with Crippen LogP contribution in [0.15, 0.2) is 18.3 Å². The molecule has 0 aliphatic rings. The van der Waals surface area contributed by atoms with E-state index in [1.54, 1.807) is 12.3 Å². The lowest BCUT2D eigenvalue weighted by atomic mass is 10.3. The smallest absolute Gasteiger partial charge is 0.0439 e. The predicted molar refractivity (Wildman–Crippen MR) is 38.6 cm³/mol. The van der Waals surface area contributed by atoms with Crippen LogP contribution in [0.5, 0.6) is 0 Å². The third-order valence-electron chi connectivity index (χ3n) is 1.14. The van der Waals surface area contributed by atoms with Crippen LogP contribution in [0.25, 0.3) is 0 Å². The van der Waals surface area contributed by atoms with E-state index in [0.717, 1.165) is 17.1 Å². The molecule has 9 heavy (non-hydrogen) atoms. The Morgan fingerprint density at radius 2 is 2.44 bits per heavy atom. The second-order valence-electron chi connectivity index (χ2n) is 1.82. The quantitative estimate of drug-likeness (QED) is 0.585. The number of hydrogen-bond donors (Lipinski definition) is 0. The molecule has 0 N–H and O–H groups in total. The summed E-state index contributed by atoms with van der Waals surface area (Å²) in [6, 6.07) is 3.66. The molecule has 0 saturated carbocycles. The van der Waals surface area contributed by atoms with Gasteiger partial charge in [0.25, 0.3) is 0 Å². The minimum atomic E-state index is 0.766. The minimum absolute atomic E-state index is 0.766. The highest BCUT2D eigenvalue weighted by Crippen LogP contribution is 2.07. The summed E-state index contributed by atoms with van der Waals surface area (Å²) in [4.78, 5) is 4.07. The van der Waals surface area contributed by atoms with E-state index >= 15 is 0 Å². The number of aromatic nitrogens is 1. The van der Waals surface area contributed by atoms with E-state index in [-0.39, 0.29) is 0 Å². The fourth-order valence-electron chi connectivity index (χ4n) is 0.642. The van der Waals surface area contributed by atoms with Gasteiger partial charge in [-0.15, -0.1) is 0 Å². The molecule has 0 atom stereocenters. The molecule has 1 aromatic heterocycles. The second kappa shape index (κ2) is 2.83. The Kier molecular flexibility index (Phi) is 2.06. The van der Waals surface area contributed by atoms with Crippen LogP contribution in [0.4, 0.5) is 0 Å². The summed E-state index contributed by atoms with van der Waals surface area (Å²) in [6.07, 6.45) is 2.67. The van der Waals surface area contributed by atoms with E-state index < -0.39 is 0 Å². The topological polar surface area (TPSA) is 12.9 Å². The minimum Gasteiger partial charge on any atom is -0.261 e. The van der Waals surface area contributed by atoms with Crippen molar-refractivity contribution in [2.75, 3.05) is 0 Å². The van der Waals surface area contributed by atoms with Crippen molar-refractivity contribution in [2.24, 2.45) is 0 Å². The molecule has 0 saturated heterocycles. The highest BCUT2D eigenvalue weighted by molar-refractivity contribution is 6.30. The summed E-state index contributed by atoms with van der Waals surface area (Å²) in [6.45, 7) is 2.05. The Bertz CT molecular complexity index is 198. The lowest BCUT2D eigenvalue weighted by Crippen LogP contribution is -1.83. The zero-order valence-corrected chi connectivity index (χ0v) is 6.02. The van der Waals surface area contributed by atoms with Gasteiger partial charge in [0, 0.05) is 16.9 Å². The van der Waals surface area contributed by atoms with Crippen molar-refractivity contribution in [3.05, 3.63) is 29.0 Å². The third kappa shape index (κ3) is 1.68. The molecule has 1 rings (SSSR count). The van der Waals surface area contributed by atoms with Crippen molar-refractivity contribution in [1.82, 2.24) is 4.98 Å². The Morgan fingerprint density at radius 3 is 2.89 bits per heavy atom. The first-order chi connectivity index (χ1) is 4.33. The molecule has 0 aliphatic carbocycles. The number of pyridine rings is 1. The van der Waals surface area contributed by atoms with Gasteiger partial charge in [0.1, 0.15) is 0 Å². The molecule has 0 amide bonds. The maximum Gasteiger partial charge on any atom is 0.0439 e. The highest BCUT2D eigenvalue weighted by Gasteiger charge is 1.89. The molecule has 0 bridgehead atoms.